The summed E-state index contributed by atoms with van der Waals surface area (Å²) in [5.41, 5.74) is 1.62. The number of aromatic nitrogens is 1. The quantitative estimate of drug-likeness (QED) is 0.522. The Morgan fingerprint density at radius 2 is 1.83 bits per heavy atom. The fraction of sp³-hybridized carbons (Fsp3) is 0.524. The zero-order chi connectivity index (χ0) is 21.6. The van der Waals surface area contributed by atoms with E-state index in [-0.39, 0.29) is 6.54 Å². The third kappa shape index (κ3) is 6.43. The number of alkyl halides is 3. The van der Waals surface area contributed by atoms with E-state index in [2.05, 4.69) is 50.6 Å². The second-order valence-corrected chi connectivity index (χ2v) is 8.57. The number of likely N-dealkylation sites (tertiary alicyclic amines) is 1. The number of rotatable bonds is 6. The molecule has 0 unspecified atom stereocenters. The molecule has 3 rings (SSSR count). The van der Waals surface area contributed by atoms with Gasteiger partial charge in [-0.25, -0.2) is 4.98 Å². The Bertz CT molecular complexity index is 841. The van der Waals surface area contributed by atoms with Crippen molar-refractivity contribution in [2.45, 2.75) is 45.6 Å². The molecule has 1 aromatic carbocycles. The second-order valence-electron chi connectivity index (χ2n) is 7.63. The first-order valence-corrected chi connectivity index (χ1v) is 11.0. The maximum Gasteiger partial charge on any atom is 0.434 e. The van der Waals surface area contributed by atoms with E-state index in [9.17, 15) is 13.2 Å². The van der Waals surface area contributed by atoms with Gasteiger partial charge in [-0.05, 0) is 43.0 Å². The molecule has 1 aliphatic heterocycles. The molecule has 5 nitrogen and oxygen atoms in total. The van der Waals surface area contributed by atoms with Crippen LogP contribution in [0.5, 0.6) is 0 Å². The Balaban J connectivity index is 1.53. The van der Waals surface area contributed by atoms with Gasteiger partial charge in [0.05, 0.1) is 6.54 Å². The van der Waals surface area contributed by atoms with Crippen LogP contribution in [0.25, 0.3) is 0 Å². The number of piperidine rings is 1. The molecule has 2 heterocycles. The topological polar surface area (TPSA) is 52.6 Å². The van der Waals surface area contributed by atoms with Gasteiger partial charge in [0.2, 0.25) is 0 Å². The van der Waals surface area contributed by atoms with Gasteiger partial charge in [0, 0.05) is 25.5 Å². The van der Waals surface area contributed by atoms with E-state index in [4.69, 9.17) is 0 Å². The van der Waals surface area contributed by atoms with Crippen molar-refractivity contribution in [2.24, 2.45) is 10.9 Å². The number of nitrogens with one attached hydrogen (secondary N) is 2. The minimum absolute atomic E-state index is 0.189. The smallest absolute Gasteiger partial charge is 0.352 e. The number of aliphatic imine (C=N–C) groups is 1. The molecule has 0 saturated carbocycles. The fourth-order valence-corrected chi connectivity index (χ4v) is 4.17. The molecule has 0 spiro atoms. The molecule has 30 heavy (non-hydrogen) atoms. The Kier molecular flexibility index (Phi) is 7.71. The third-order valence-electron chi connectivity index (χ3n) is 5.31. The molecule has 0 atom stereocenters. The van der Waals surface area contributed by atoms with Gasteiger partial charge < -0.3 is 10.6 Å². The maximum atomic E-state index is 12.7. The number of nitrogens with zero attached hydrogens (tertiary/aromatic N) is 3. The molecule has 0 amide bonds. The lowest BCUT2D eigenvalue weighted by Crippen LogP contribution is -2.37. The minimum atomic E-state index is -4.41. The molecular formula is C21H28F3N5S. The van der Waals surface area contributed by atoms with Crippen molar-refractivity contribution < 1.29 is 13.2 Å². The molecule has 9 heteroatoms. The van der Waals surface area contributed by atoms with Crippen molar-refractivity contribution in [2.75, 3.05) is 20.1 Å². The summed E-state index contributed by atoms with van der Waals surface area (Å²) in [5.74, 6) is 1.33. The first kappa shape index (κ1) is 22.6. The first-order chi connectivity index (χ1) is 14.3. The molecule has 0 bridgehead atoms. The molecular weight excluding hydrogens is 411 g/mol. The highest BCUT2D eigenvalue weighted by Gasteiger charge is 2.33. The normalized spacial score (nSPS) is 16.6. The van der Waals surface area contributed by atoms with Crippen LogP contribution in [0.1, 0.15) is 41.6 Å². The van der Waals surface area contributed by atoms with E-state index in [1.807, 2.05) is 6.07 Å². The van der Waals surface area contributed by atoms with Crippen LogP contribution in [-0.2, 0) is 25.8 Å². The van der Waals surface area contributed by atoms with Crippen LogP contribution in [0.2, 0.25) is 0 Å². The highest BCUT2D eigenvalue weighted by atomic mass is 32.1. The van der Waals surface area contributed by atoms with Crippen LogP contribution in [0.15, 0.2) is 34.6 Å². The number of thiazole rings is 1. The molecule has 2 aromatic rings. The van der Waals surface area contributed by atoms with Gasteiger partial charge in [0.1, 0.15) is 5.01 Å². The van der Waals surface area contributed by atoms with E-state index < -0.39 is 11.9 Å². The van der Waals surface area contributed by atoms with Crippen LogP contribution in [0.3, 0.4) is 0 Å². The summed E-state index contributed by atoms with van der Waals surface area (Å²) >= 11 is 0.983. The molecule has 2 N–H and O–H groups in total. The van der Waals surface area contributed by atoms with Crippen molar-refractivity contribution in [1.29, 1.82) is 0 Å². The van der Waals surface area contributed by atoms with E-state index in [1.54, 1.807) is 7.05 Å². The average Bonchev–Trinajstić information content (AvgIpc) is 3.20. The SMILES string of the molecule is CN=C(NCc1nc(C(F)(F)F)cs1)NCc1ccccc1CN1CCC(C)CC1. The zero-order valence-corrected chi connectivity index (χ0v) is 18.1. The van der Waals surface area contributed by atoms with E-state index in [0.29, 0.717) is 17.5 Å². The summed E-state index contributed by atoms with van der Waals surface area (Å²) in [5, 5.41) is 7.69. The standard InChI is InChI=1S/C21H28F3N5S/c1-15-7-9-29(10-8-15)13-17-6-4-3-5-16(17)11-26-20(25-2)27-12-19-28-18(14-30-19)21(22,23)24/h3-6,14-15H,7-13H2,1-2H3,(H2,25,26,27). The number of hydrogen-bond acceptors (Lipinski definition) is 4. The Morgan fingerprint density at radius 1 is 1.17 bits per heavy atom. The molecule has 164 valence electrons. The van der Waals surface area contributed by atoms with E-state index in [0.717, 1.165) is 42.3 Å². The van der Waals surface area contributed by atoms with Gasteiger partial charge in [-0.1, -0.05) is 31.2 Å². The summed E-state index contributed by atoms with van der Waals surface area (Å²) in [6.07, 6.45) is -1.93. The van der Waals surface area contributed by atoms with Crippen molar-refractivity contribution in [3.8, 4) is 0 Å². The van der Waals surface area contributed by atoms with Crippen molar-refractivity contribution in [3.05, 3.63) is 51.5 Å². The summed E-state index contributed by atoms with van der Waals surface area (Å²) in [6, 6.07) is 8.32. The average molecular weight is 440 g/mol. The second kappa shape index (κ2) is 10.3. The summed E-state index contributed by atoms with van der Waals surface area (Å²) in [7, 11) is 1.64. The highest BCUT2D eigenvalue weighted by Crippen LogP contribution is 2.29. The highest BCUT2D eigenvalue weighted by molar-refractivity contribution is 7.09. The number of hydrogen-bond donors (Lipinski definition) is 2. The van der Waals surface area contributed by atoms with Crippen molar-refractivity contribution >= 4 is 17.3 Å². The van der Waals surface area contributed by atoms with E-state index >= 15 is 0 Å². The molecule has 1 aliphatic rings. The molecule has 1 fully saturated rings. The zero-order valence-electron chi connectivity index (χ0n) is 17.3. The molecule has 0 radical (unpaired) electrons. The summed E-state index contributed by atoms with van der Waals surface area (Å²) in [4.78, 5) is 10.3. The van der Waals surface area contributed by atoms with Crippen LogP contribution in [-0.4, -0.2) is 36.0 Å². The van der Waals surface area contributed by atoms with Gasteiger partial charge >= 0.3 is 6.18 Å². The Morgan fingerprint density at radius 3 is 2.47 bits per heavy atom. The lowest BCUT2D eigenvalue weighted by atomic mass is 9.98. The van der Waals surface area contributed by atoms with E-state index in [1.165, 1.54) is 24.0 Å². The van der Waals surface area contributed by atoms with Gasteiger partial charge in [-0.2, -0.15) is 13.2 Å². The number of guanidine groups is 1. The lowest BCUT2D eigenvalue weighted by molar-refractivity contribution is -0.140. The summed E-state index contributed by atoms with van der Waals surface area (Å²) < 4.78 is 38.1. The number of benzene rings is 1. The maximum absolute atomic E-state index is 12.7. The minimum Gasteiger partial charge on any atom is -0.352 e. The van der Waals surface area contributed by atoms with Crippen LogP contribution in [0.4, 0.5) is 13.2 Å². The summed E-state index contributed by atoms with van der Waals surface area (Å²) in [6.45, 7) is 6.26. The Labute approximate surface area is 179 Å². The van der Waals surface area contributed by atoms with Crippen molar-refractivity contribution in [3.63, 3.8) is 0 Å². The van der Waals surface area contributed by atoms with Crippen LogP contribution >= 0.6 is 11.3 Å². The van der Waals surface area contributed by atoms with Gasteiger partial charge in [-0.3, -0.25) is 9.89 Å². The van der Waals surface area contributed by atoms with Crippen LogP contribution in [0, 0.1) is 5.92 Å². The van der Waals surface area contributed by atoms with Gasteiger partial charge in [-0.15, -0.1) is 11.3 Å². The predicted octanol–water partition coefficient (Wildman–Crippen LogP) is 4.26. The van der Waals surface area contributed by atoms with Gasteiger partial charge in [0.25, 0.3) is 0 Å². The predicted molar refractivity (Wildman–Crippen MR) is 114 cm³/mol. The fourth-order valence-electron chi connectivity index (χ4n) is 3.43. The third-order valence-corrected chi connectivity index (χ3v) is 6.16. The molecule has 1 aromatic heterocycles. The number of halogens is 3. The van der Waals surface area contributed by atoms with Crippen molar-refractivity contribution in [1.82, 2.24) is 20.5 Å². The Hall–Kier alpha value is -2.13. The van der Waals surface area contributed by atoms with Gasteiger partial charge in [0.15, 0.2) is 11.7 Å². The monoisotopic (exact) mass is 439 g/mol. The molecule has 1 saturated heterocycles. The first-order valence-electron chi connectivity index (χ1n) is 10.1. The van der Waals surface area contributed by atoms with Crippen LogP contribution < -0.4 is 10.6 Å². The molecule has 0 aliphatic carbocycles. The largest absolute Gasteiger partial charge is 0.434 e. The lowest BCUT2D eigenvalue weighted by Gasteiger charge is -2.30.